The van der Waals surface area contributed by atoms with Crippen LogP contribution in [0.3, 0.4) is 0 Å². The summed E-state index contributed by atoms with van der Waals surface area (Å²) in [6, 6.07) is 3.02. The first-order valence-corrected chi connectivity index (χ1v) is 8.54. The summed E-state index contributed by atoms with van der Waals surface area (Å²) >= 11 is 0. The van der Waals surface area contributed by atoms with Crippen molar-refractivity contribution in [3.05, 3.63) is 23.5 Å². The Balaban J connectivity index is 2.27. The van der Waals surface area contributed by atoms with E-state index in [1.54, 1.807) is 40.6 Å². The van der Waals surface area contributed by atoms with Crippen LogP contribution in [-0.2, 0) is 4.65 Å². The molecule has 138 valence electrons. The Morgan fingerprint density at radius 1 is 1.32 bits per heavy atom. The van der Waals surface area contributed by atoms with E-state index in [1.165, 1.54) is 13.2 Å². The van der Waals surface area contributed by atoms with Gasteiger partial charge in [0.05, 0.1) is 18.3 Å². The van der Waals surface area contributed by atoms with Crippen LogP contribution < -0.4 is 15.5 Å². The Bertz CT molecular complexity index is 653. The van der Waals surface area contributed by atoms with E-state index in [2.05, 4.69) is 5.32 Å². The van der Waals surface area contributed by atoms with E-state index >= 15 is 0 Å². The molecular formula is C18H27BFNO4. The molecule has 1 aromatic carbocycles. The lowest BCUT2D eigenvalue weighted by Gasteiger charge is -2.39. The molecule has 0 aliphatic heterocycles. The van der Waals surface area contributed by atoms with Crippen LogP contribution in [0.4, 0.5) is 4.39 Å². The van der Waals surface area contributed by atoms with Gasteiger partial charge < -0.3 is 19.8 Å². The quantitative estimate of drug-likeness (QED) is 0.739. The summed E-state index contributed by atoms with van der Waals surface area (Å²) in [5, 5.41) is 13.0. The third-order valence-electron chi connectivity index (χ3n) is 4.85. The molecule has 0 bridgehead atoms. The normalized spacial score (nSPS) is 15.0. The van der Waals surface area contributed by atoms with E-state index in [4.69, 9.17) is 9.39 Å². The maximum atomic E-state index is 14.6. The van der Waals surface area contributed by atoms with Gasteiger partial charge in [-0.1, -0.05) is 6.82 Å². The average molecular weight is 351 g/mol. The van der Waals surface area contributed by atoms with E-state index in [0.717, 1.165) is 12.8 Å². The molecule has 1 aliphatic carbocycles. The van der Waals surface area contributed by atoms with Crippen molar-refractivity contribution in [3.8, 4) is 5.75 Å². The molecule has 0 spiro atoms. The lowest BCUT2D eigenvalue weighted by Crippen LogP contribution is -2.52. The minimum Gasteiger partial charge on any atom is -0.496 e. The Labute approximate surface area is 149 Å². The molecule has 25 heavy (non-hydrogen) atoms. The summed E-state index contributed by atoms with van der Waals surface area (Å²) in [5.41, 5.74) is -1.48. The van der Waals surface area contributed by atoms with Gasteiger partial charge in [0.2, 0.25) is 0 Å². The number of hydrogen-bond donors (Lipinski definition) is 2. The number of methoxy groups -OCH3 is 1. The third-order valence-corrected chi connectivity index (χ3v) is 4.85. The van der Waals surface area contributed by atoms with Crippen molar-refractivity contribution in [1.29, 1.82) is 0 Å². The van der Waals surface area contributed by atoms with E-state index < -0.39 is 29.8 Å². The zero-order chi connectivity index (χ0) is 19.0. The Morgan fingerprint density at radius 2 is 1.92 bits per heavy atom. The molecule has 2 rings (SSSR count). The molecule has 1 amide bonds. The van der Waals surface area contributed by atoms with Crippen LogP contribution in [0, 0.1) is 5.82 Å². The summed E-state index contributed by atoms with van der Waals surface area (Å²) < 4.78 is 25.8. The Kier molecular flexibility index (Phi) is 5.49. The highest BCUT2D eigenvalue weighted by Crippen LogP contribution is 2.27. The summed E-state index contributed by atoms with van der Waals surface area (Å²) in [7, 11) is 1.40. The molecule has 1 saturated carbocycles. The van der Waals surface area contributed by atoms with E-state index in [-0.39, 0.29) is 17.4 Å². The molecule has 0 saturated heterocycles. The molecule has 0 heterocycles. The van der Waals surface area contributed by atoms with Gasteiger partial charge in [-0.25, -0.2) is 4.39 Å². The number of halogens is 1. The second-order valence-corrected chi connectivity index (χ2v) is 7.66. The zero-order valence-corrected chi connectivity index (χ0v) is 15.8. The fourth-order valence-corrected chi connectivity index (χ4v) is 2.36. The van der Waals surface area contributed by atoms with Gasteiger partial charge >= 0.3 is 6.92 Å². The number of carbonyl (C=O) groups excluding carboxylic acids is 1. The van der Waals surface area contributed by atoms with Crippen molar-refractivity contribution in [2.24, 2.45) is 0 Å². The predicted molar refractivity (Wildman–Crippen MR) is 96.2 cm³/mol. The van der Waals surface area contributed by atoms with Crippen molar-refractivity contribution in [1.82, 2.24) is 5.32 Å². The van der Waals surface area contributed by atoms with Crippen molar-refractivity contribution in [3.63, 3.8) is 0 Å². The molecule has 1 fully saturated rings. The highest BCUT2D eigenvalue weighted by Gasteiger charge is 2.38. The lowest BCUT2D eigenvalue weighted by molar-refractivity contribution is -0.0918. The number of rotatable bonds is 7. The molecule has 7 heteroatoms. The van der Waals surface area contributed by atoms with Gasteiger partial charge in [0.1, 0.15) is 17.1 Å². The number of ether oxygens (including phenoxy) is 1. The van der Waals surface area contributed by atoms with Crippen molar-refractivity contribution >= 4 is 18.3 Å². The fraction of sp³-hybridized carbons (Fsp3) is 0.611. The minimum absolute atomic E-state index is 0.0906. The van der Waals surface area contributed by atoms with Gasteiger partial charge in [-0.3, -0.25) is 4.79 Å². The zero-order valence-electron chi connectivity index (χ0n) is 15.8. The largest absolute Gasteiger partial charge is 0.496 e. The smallest absolute Gasteiger partial charge is 0.324 e. The molecular weight excluding hydrogens is 324 g/mol. The van der Waals surface area contributed by atoms with Crippen LogP contribution in [0.5, 0.6) is 5.75 Å². The molecule has 1 aromatic rings. The van der Waals surface area contributed by atoms with Crippen LogP contribution in [-0.4, -0.2) is 42.3 Å². The van der Waals surface area contributed by atoms with Crippen LogP contribution in [0.1, 0.15) is 50.9 Å². The maximum Gasteiger partial charge on any atom is 0.324 e. The summed E-state index contributed by atoms with van der Waals surface area (Å²) in [6.07, 6.45) is 1.84. The SMILES string of the molecule is COc1cc(B(C)OC(C)(C)C(C)(C)O)cc(F)c1C(=O)NC1CC1. The van der Waals surface area contributed by atoms with Gasteiger partial charge in [0.15, 0.2) is 0 Å². The van der Waals surface area contributed by atoms with Crippen molar-refractivity contribution < 1.29 is 23.7 Å². The summed E-state index contributed by atoms with van der Waals surface area (Å²) in [6.45, 7) is 8.14. The fourth-order valence-electron chi connectivity index (χ4n) is 2.36. The molecule has 0 atom stereocenters. The monoisotopic (exact) mass is 351 g/mol. The highest BCUT2D eigenvalue weighted by atomic mass is 19.1. The van der Waals surface area contributed by atoms with Gasteiger partial charge in [-0.05, 0) is 58.1 Å². The van der Waals surface area contributed by atoms with Gasteiger partial charge in [-0.15, -0.1) is 0 Å². The summed E-state index contributed by atoms with van der Waals surface area (Å²) in [5.74, 6) is -0.942. The second kappa shape index (κ2) is 6.96. The first kappa shape index (κ1) is 19.7. The Hall–Kier alpha value is -1.60. The molecule has 0 unspecified atom stereocenters. The predicted octanol–water partition coefficient (Wildman–Crippen LogP) is 2.12. The topological polar surface area (TPSA) is 67.8 Å². The van der Waals surface area contributed by atoms with Crippen molar-refractivity contribution in [2.75, 3.05) is 7.11 Å². The van der Waals surface area contributed by atoms with E-state index in [0.29, 0.717) is 5.46 Å². The third kappa shape index (κ3) is 4.52. The number of amides is 1. The number of aliphatic hydroxyl groups is 1. The number of nitrogens with one attached hydrogen (secondary N) is 1. The molecule has 1 aliphatic rings. The Morgan fingerprint density at radius 3 is 2.40 bits per heavy atom. The molecule has 0 aromatic heterocycles. The second-order valence-electron chi connectivity index (χ2n) is 7.66. The first-order chi connectivity index (χ1) is 11.5. The standard InChI is InChI=1S/C18H27BFNO4/c1-17(2,23)18(3,4)25-19(5)11-9-13(20)15(14(10-11)24-6)16(22)21-12-7-8-12/h9-10,12,23H,7-8H2,1-6H3,(H,21,22). The number of hydrogen-bond acceptors (Lipinski definition) is 4. The summed E-state index contributed by atoms with van der Waals surface area (Å²) in [4.78, 5) is 12.2. The number of carbonyl (C=O) groups is 1. The van der Waals surface area contributed by atoms with Crippen LogP contribution in [0.2, 0.25) is 6.82 Å². The van der Waals surface area contributed by atoms with Gasteiger partial charge in [-0.2, -0.15) is 0 Å². The van der Waals surface area contributed by atoms with Crippen LogP contribution in [0.15, 0.2) is 12.1 Å². The number of benzene rings is 1. The molecule has 2 N–H and O–H groups in total. The van der Waals surface area contributed by atoms with Crippen molar-refractivity contribution in [2.45, 2.75) is 64.6 Å². The van der Waals surface area contributed by atoms with Crippen LogP contribution in [0.25, 0.3) is 0 Å². The minimum atomic E-state index is -1.08. The highest BCUT2D eigenvalue weighted by molar-refractivity contribution is 6.66. The van der Waals surface area contributed by atoms with Crippen LogP contribution >= 0.6 is 0 Å². The first-order valence-electron chi connectivity index (χ1n) is 8.54. The molecule has 0 radical (unpaired) electrons. The maximum absolute atomic E-state index is 14.6. The van der Waals surface area contributed by atoms with E-state index in [1.807, 2.05) is 0 Å². The molecule has 5 nitrogen and oxygen atoms in total. The average Bonchev–Trinajstić information content (AvgIpc) is 3.28. The van der Waals surface area contributed by atoms with Gasteiger partial charge in [0, 0.05) is 6.04 Å². The van der Waals surface area contributed by atoms with E-state index in [9.17, 15) is 14.3 Å². The lowest BCUT2D eigenvalue weighted by atomic mass is 9.62. The van der Waals surface area contributed by atoms with Gasteiger partial charge in [0.25, 0.3) is 5.91 Å².